The van der Waals surface area contributed by atoms with Gasteiger partial charge in [0.25, 0.3) is 0 Å². The molecule has 0 unspecified atom stereocenters. The number of nitrogen functional groups attached to an aromatic ring is 1. The first-order valence-electron chi connectivity index (χ1n) is 8.33. The number of anilines is 2. The zero-order valence-corrected chi connectivity index (χ0v) is 14.6. The predicted molar refractivity (Wildman–Crippen MR) is 92.4 cm³/mol. The zero-order valence-electron chi connectivity index (χ0n) is 14.6. The first kappa shape index (κ1) is 17.2. The number of aromatic nitrogens is 1. The third-order valence-electron chi connectivity index (χ3n) is 4.54. The third kappa shape index (κ3) is 3.45. The van der Waals surface area contributed by atoms with Gasteiger partial charge in [0.15, 0.2) is 0 Å². The first-order chi connectivity index (χ1) is 11.7. The van der Waals surface area contributed by atoms with Crippen LogP contribution in [0.4, 0.5) is 22.1 Å². The van der Waals surface area contributed by atoms with Crippen LogP contribution in [0.5, 0.6) is 0 Å². The smallest absolute Gasteiger partial charge is 0.410 e. The number of carbonyl (C=O) groups is 1. The Kier molecular flexibility index (Phi) is 4.18. The van der Waals surface area contributed by atoms with Crippen molar-refractivity contribution in [1.29, 1.82) is 0 Å². The van der Waals surface area contributed by atoms with Crippen LogP contribution in [0.3, 0.4) is 0 Å². The fraction of sp³-hybridized carbons (Fsp3) is 0.625. The van der Waals surface area contributed by atoms with Gasteiger partial charge in [0.2, 0.25) is 5.82 Å². The van der Waals surface area contributed by atoms with Crippen LogP contribution in [0.2, 0.25) is 0 Å². The van der Waals surface area contributed by atoms with E-state index in [0.29, 0.717) is 18.9 Å². The number of hydrogen-bond acceptors (Lipinski definition) is 7. The lowest BCUT2D eigenvalue weighted by Gasteiger charge is -2.51. The number of pyridine rings is 1. The molecule has 0 aliphatic carbocycles. The number of fused-ring (bicyclic) bond motifs is 3. The molecule has 1 aromatic rings. The fourth-order valence-electron chi connectivity index (χ4n) is 3.42. The van der Waals surface area contributed by atoms with Gasteiger partial charge in [-0.2, -0.15) is 0 Å². The molecule has 1 amide bonds. The average molecular weight is 349 g/mol. The Labute approximate surface area is 145 Å². The van der Waals surface area contributed by atoms with Crippen molar-refractivity contribution in [1.82, 2.24) is 9.88 Å². The summed E-state index contributed by atoms with van der Waals surface area (Å²) < 4.78 is 5.49. The van der Waals surface area contributed by atoms with Crippen molar-refractivity contribution in [2.45, 2.75) is 51.3 Å². The summed E-state index contributed by atoms with van der Waals surface area (Å²) in [6, 6.07) is 3.14. The Balaban J connectivity index is 1.75. The summed E-state index contributed by atoms with van der Waals surface area (Å²) in [6.45, 7) is 6.72. The number of piperazine rings is 1. The number of nitro groups is 1. The minimum Gasteiger partial charge on any atom is -0.444 e. The summed E-state index contributed by atoms with van der Waals surface area (Å²) in [6.07, 6.45) is 1.55. The molecule has 3 saturated heterocycles. The molecule has 3 aliphatic rings. The van der Waals surface area contributed by atoms with Crippen LogP contribution in [0, 0.1) is 10.1 Å². The largest absolute Gasteiger partial charge is 0.444 e. The highest BCUT2D eigenvalue weighted by Crippen LogP contribution is 2.34. The van der Waals surface area contributed by atoms with E-state index in [4.69, 9.17) is 10.5 Å². The Morgan fingerprint density at radius 3 is 2.52 bits per heavy atom. The average Bonchev–Trinajstić information content (AvgIpc) is 2.53. The van der Waals surface area contributed by atoms with Gasteiger partial charge in [0.05, 0.1) is 11.0 Å². The molecule has 1 aromatic heterocycles. The molecule has 2 atom stereocenters. The second-order valence-electron chi connectivity index (χ2n) is 7.50. The number of ether oxygens (including phenoxy) is 1. The molecule has 3 fully saturated rings. The normalized spacial score (nSPS) is 22.8. The van der Waals surface area contributed by atoms with Crippen LogP contribution < -0.4 is 10.6 Å². The number of carbonyl (C=O) groups excluding carboxylic acids is 1. The van der Waals surface area contributed by atoms with E-state index in [9.17, 15) is 14.9 Å². The van der Waals surface area contributed by atoms with Crippen molar-refractivity contribution in [3.8, 4) is 0 Å². The van der Waals surface area contributed by atoms with E-state index in [-0.39, 0.29) is 29.7 Å². The lowest BCUT2D eigenvalue weighted by atomic mass is 9.91. The number of nitrogens with two attached hydrogens (primary N) is 1. The Morgan fingerprint density at radius 2 is 2.00 bits per heavy atom. The van der Waals surface area contributed by atoms with Gasteiger partial charge in [0, 0.05) is 25.2 Å². The molecule has 9 nitrogen and oxygen atoms in total. The summed E-state index contributed by atoms with van der Waals surface area (Å²) >= 11 is 0. The van der Waals surface area contributed by atoms with Gasteiger partial charge in [0.1, 0.15) is 11.4 Å². The van der Waals surface area contributed by atoms with Crippen LogP contribution in [0.25, 0.3) is 0 Å². The minimum atomic E-state index is -0.543. The monoisotopic (exact) mass is 349 g/mol. The predicted octanol–water partition coefficient (Wildman–Crippen LogP) is 2.16. The fourth-order valence-corrected chi connectivity index (χ4v) is 3.42. The lowest BCUT2D eigenvalue weighted by Crippen LogP contribution is -2.64. The second kappa shape index (κ2) is 6.05. The highest BCUT2D eigenvalue weighted by molar-refractivity contribution is 5.70. The number of rotatable bonds is 2. The highest BCUT2D eigenvalue weighted by atomic mass is 16.6. The van der Waals surface area contributed by atoms with Crippen molar-refractivity contribution >= 4 is 23.4 Å². The summed E-state index contributed by atoms with van der Waals surface area (Å²) in [5.41, 5.74) is 4.99. The minimum absolute atomic E-state index is 0.0399. The van der Waals surface area contributed by atoms with E-state index in [1.165, 1.54) is 6.07 Å². The maximum atomic E-state index is 12.4. The van der Waals surface area contributed by atoms with Crippen LogP contribution in [-0.4, -0.2) is 51.7 Å². The van der Waals surface area contributed by atoms with E-state index in [0.717, 1.165) is 12.8 Å². The van der Waals surface area contributed by atoms with Crippen LogP contribution in [0.1, 0.15) is 33.6 Å². The summed E-state index contributed by atoms with van der Waals surface area (Å²) in [7, 11) is 0. The van der Waals surface area contributed by atoms with Crippen molar-refractivity contribution in [2.75, 3.05) is 23.7 Å². The standard InChI is InChI=1S/C16H23N5O4/c1-16(2,3)25-15(22)20-9-10-4-5-11(20)8-19(10)13-7-6-12(21(23)24)14(17)18-13/h6-7,10-11H,4-5,8-9H2,1-3H3,(H2,17,18)/t10-,11-/m1/s1. The Morgan fingerprint density at radius 1 is 1.32 bits per heavy atom. The quantitative estimate of drug-likeness (QED) is 0.642. The topological polar surface area (TPSA) is 115 Å². The molecular weight excluding hydrogens is 326 g/mol. The first-order valence-corrected chi connectivity index (χ1v) is 8.33. The molecule has 4 rings (SSSR count). The number of hydrogen-bond donors (Lipinski definition) is 1. The van der Waals surface area contributed by atoms with Crippen molar-refractivity contribution in [2.24, 2.45) is 0 Å². The number of piperidine rings is 2. The van der Waals surface area contributed by atoms with E-state index in [2.05, 4.69) is 9.88 Å². The molecule has 25 heavy (non-hydrogen) atoms. The lowest BCUT2D eigenvalue weighted by molar-refractivity contribution is -0.384. The van der Waals surface area contributed by atoms with E-state index >= 15 is 0 Å². The van der Waals surface area contributed by atoms with Gasteiger partial charge >= 0.3 is 11.8 Å². The van der Waals surface area contributed by atoms with Crippen molar-refractivity contribution < 1.29 is 14.5 Å². The van der Waals surface area contributed by atoms with Crippen LogP contribution in [0.15, 0.2) is 12.1 Å². The molecule has 0 spiro atoms. The van der Waals surface area contributed by atoms with Gasteiger partial charge in [-0.25, -0.2) is 9.78 Å². The highest BCUT2D eigenvalue weighted by Gasteiger charge is 2.43. The van der Waals surface area contributed by atoms with E-state index in [1.54, 1.807) is 11.0 Å². The summed E-state index contributed by atoms with van der Waals surface area (Å²) in [5, 5.41) is 10.9. The molecule has 0 radical (unpaired) electrons. The van der Waals surface area contributed by atoms with Gasteiger partial charge in [-0.05, 0) is 39.7 Å². The molecule has 2 N–H and O–H groups in total. The number of amides is 1. The summed E-state index contributed by atoms with van der Waals surface area (Å²) in [5.74, 6) is 0.523. The molecule has 3 aliphatic heterocycles. The van der Waals surface area contributed by atoms with E-state index in [1.807, 2.05) is 20.8 Å². The second-order valence-corrected chi connectivity index (χ2v) is 7.50. The molecule has 0 saturated carbocycles. The molecular formula is C16H23N5O4. The molecule has 136 valence electrons. The molecule has 2 bridgehead atoms. The van der Waals surface area contributed by atoms with Gasteiger partial charge in [-0.15, -0.1) is 0 Å². The zero-order chi connectivity index (χ0) is 18.4. The Hall–Kier alpha value is -2.58. The van der Waals surface area contributed by atoms with Gasteiger partial charge in [-0.1, -0.05) is 0 Å². The molecule has 4 heterocycles. The van der Waals surface area contributed by atoms with Crippen LogP contribution >= 0.6 is 0 Å². The van der Waals surface area contributed by atoms with E-state index < -0.39 is 10.5 Å². The Bertz CT molecular complexity index is 702. The maximum absolute atomic E-state index is 12.4. The van der Waals surface area contributed by atoms with Crippen molar-refractivity contribution in [3.05, 3.63) is 22.2 Å². The molecule has 9 heteroatoms. The van der Waals surface area contributed by atoms with Gasteiger partial charge < -0.3 is 20.3 Å². The SMILES string of the molecule is CC(C)(C)OC(=O)N1C[C@H]2CC[C@@H]1CN2c1ccc([N+](=O)[O-])c(N)n1. The summed E-state index contributed by atoms with van der Waals surface area (Å²) in [4.78, 5) is 30.8. The molecule has 0 aromatic carbocycles. The third-order valence-corrected chi connectivity index (χ3v) is 4.54. The maximum Gasteiger partial charge on any atom is 0.410 e. The number of nitrogens with zero attached hydrogens (tertiary/aromatic N) is 4. The van der Waals surface area contributed by atoms with Crippen molar-refractivity contribution in [3.63, 3.8) is 0 Å². The van der Waals surface area contributed by atoms with Gasteiger partial charge in [-0.3, -0.25) is 10.1 Å². The van der Waals surface area contributed by atoms with Crippen LogP contribution in [-0.2, 0) is 4.74 Å².